The van der Waals surface area contributed by atoms with Crippen molar-refractivity contribution in [2.45, 2.75) is 77.7 Å². The number of hydrogen-bond acceptors (Lipinski definition) is 5. The second-order valence-electron chi connectivity index (χ2n) is 7.15. The SMILES string of the molecule is CCCC[C@H](OCc1ccccc1)[C@H]1OC(C)(C)O[C@@H]1/C=C/C(=O)OCC. The highest BCUT2D eigenvalue weighted by Gasteiger charge is 2.44. The van der Waals surface area contributed by atoms with Crippen molar-refractivity contribution in [1.29, 1.82) is 0 Å². The molecule has 1 heterocycles. The molecule has 1 aliphatic rings. The maximum Gasteiger partial charge on any atom is 0.330 e. The van der Waals surface area contributed by atoms with Crippen LogP contribution in [0.1, 0.15) is 52.5 Å². The van der Waals surface area contributed by atoms with Crippen LogP contribution in [-0.2, 0) is 30.3 Å². The van der Waals surface area contributed by atoms with E-state index in [0.29, 0.717) is 13.2 Å². The highest BCUT2D eigenvalue weighted by molar-refractivity contribution is 5.81. The molecular weight excluding hydrogens is 344 g/mol. The van der Waals surface area contributed by atoms with Crippen LogP contribution in [0.3, 0.4) is 0 Å². The molecule has 1 aromatic rings. The normalized spacial score (nSPS) is 22.8. The maximum absolute atomic E-state index is 11.7. The van der Waals surface area contributed by atoms with E-state index >= 15 is 0 Å². The number of hydrogen-bond donors (Lipinski definition) is 0. The Labute approximate surface area is 162 Å². The maximum atomic E-state index is 11.7. The smallest absolute Gasteiger partial charge is 0.330 e. The predicted octanol–water partition coefficient (Wildman–Crippen LogP) is 4.40. The van der Waals surface area contributed by atoms with Crippen LogP contribution in [0.5, 0.6) is 0 Å². The van der Waals surface area contributed by atoms with Crippen molar-refractivity contribution in [3.8, 4) is 0 Å². The minimum Gasteiger partial charge on any atom is -0.463 e. The standard InChI is InChI=1S/C22H32O5/c1-5-7-13-18(25-16-17-11-9-8-10-12-17)21-19(26-22(3,4)27-21)14-15-20(23)24-6-2/h8-12,14-15,18-19,21H,5-7,13,16H2,1-4H3/b15-14+/t18-,19+,21+/m0/s1. The molecule has 1 aliphatic heterocycles. The second kappa shape index (κ2) is 10.6. The Balaban J connectivity index is 2.10. The molecule has 0 aromatic heterocycles. The Morgan fingerprint density at radius 2 is 1.96 bits per heavy atom. The molecule has 1 aromatic carbocycles. The molecule has 0 bridgehead atoms. The third-order valence-corrected chi connectivity index (χ3v) is 4.39. The van der Waals surface area contributed by atoms with E-state index in [-0.39, 0.29) is 24.3 Å². The summed E-state index contributed by atoms with van der Waals surface area (Å²) in [4.78, 5) is 11.7. The third kappa shape index (κ3) is 7.09. The van der Waals surface area contributed by atoms with Crippen molar-refractivity contribution in [3.05, 3.63) is 48.0 Å². The summed E-state index contributed by atoms with van der Waals surface area (Å²) in [7, 11) is 0. The van der Waals surface area contributed by atoms with E-state index in [1.165, 1.54) is 6.08 Å². The van der Waals surface area contributed by atoms with Gasteiger partial charge < -0.3 is 18.9 Å². The van der Waals surface area contributed by atoms with Gasteiger partial charge in [0.1, 0.15) is 12.2 Å². The van der Waals surface area contributed by atoms with Crippen LogP contribution in [0.2, 0.25) is 0 Å². The van der Waals surface area contributed by atoms with Gasteiger partial charge in [0.2, 0.25) is 0 Å². The summed E-state index contributed by atoms with van der Waals surface area (Å²) >= 11 is 0. The highest BCUT2D eigenvalue weighted by atomic mass is 16.8. The van der Waals surface area contributed by atoms with E-state index < -0.39 is 5.79 Å². The molecule has 27 heavy (non-hydrogen) atoms. The molecule has 5 heteroatoms. The number of carbonyl (C=O) groups excluding carboxylic acids is 1. The zero-order valence-corrected chi connectivity index (χ0v) is 16.9. The molecule has 5 nitrogen and oxygen atoms in total. The molecule has 1 fully saturated rings. The summed E-state index contributed by atoms with van der Waals surface area (Å²) in [5, 5.41) is 0. The number of esters is 1. The van der Waals surface area contributed by atoms with E-state index in [2.05, 4.69) is 6.92 Å². The Bertz CT molecular complexity index is 596. The van der Waals surface area contributed by atoms with E-state index in [9.17, 15) is 4.79 Å². The number of rotatable bonds is 10. The van der Waals surface area contributed by atoms with Crippen LogP contribution in [-0.4, -0.2) is 36.7 Å². The van der Waals surface area contributed by atoms with Crippen molar-refractivity contribution in [2.24, 2.45) is 0 Å². The average molecular weight is 376 g/mol. The van der Waals surface area contributed by atoms with Gasteiger partial charge in [0.25, 0.3) is 0 Å². The van der Waals surface area contributed by atoms with Crippen LogP contribution in [0.4, 0.5) is 0 Å². The first-order valence-corrected chi connectivity index (χ1v) is 9.81. The lowest BCUT2D eigenvalue weighted by atomic mass is 10.0. The first kappa shape index (κ1) is 21.6. The summed E-state index contributed by atoms with van der Waals surface area (Å²) in [6, 6.07) is 10.1. The third-order valence-electron chi connectivity index (χ3n) is 4.39. The van der Waals surface area contributed by atoms with Crippen molar-refractivity contribution in [2.75, 3.05) is 6.61 Å². The van der Waals surface area contributed by atoms with Gasteiger partial charge in [-0.3, -0.25) is 0 Å². The number of ether oxygens (including phenoxy) is 4. The van der Waals surface area contributed by atoms with E-state index in [4.69, 9.17) is 18.9 Å². The molecule has 1 saturated heterocycles. The Morgan fingerprint density at radius 1 is 1.22 bits per heavy atom. The Kier molecular flexibility index (Phi) is 8.48. The second-order valence-corrected chi connectivity index (χ2v) is 7.15. The van der Waals surface area contributed by atoms with Gasteiger partial charge in [-0.15, -0.1) is 0 Å². The van der Waals surface area contributed by atoms with Gasteiger partial charge in [0.05, 0.1) is 19.3 Å². The topological polar surface area (TPSA) is 54.0 Å². The summed E-state index contributed by atoms with van der Waals surface area (Å²) in [6.07, 6.45) is 5.37. The van der Waals surface area contributed by atoms with Crippen LogP contribution in [0.15, 0.2) is 42.5 Å². The molecular formula is C22H32O5. The number of carbonyl (C=O) groups is 1. The fourth-order valence-corrected chi connectivity index (χ4v) is 3.14. The van der Waals surface area contributed by atoms with E-state index in [1.54, 1.807) is 13.0 Å². The zero-order chi connectivity index (χ0) is 19.7. The summed E-state index contributed by atoms with van der Waals surface area (Å²) in [6.45, 7) is 8.56. The zero-order valence-electron chi connectivity index (χ0n) is 16.9. The monoisotopic (exact) mass is 376 g/mol. The largest absolute Gasteiger partial charge is 0.463 e. The Hall–Kier alpha value is -1.69. The van der Waals surface area contributed by atoms with Crippen molar-refractivity contribution in [1.82, 2.24) is 0 Å². The van der Waals surface area contributed by atoms with Crippen LogP contribution in [0.25, 0.3) is 0 Å². The van der Waals surface area contributed by atoms with Crippen LogP contribution < -0.4 is 0 Å². The molecule has 0 amide bonds. The van der Waals surface area contributed by atoms with Gasteiger partial charge in [-0.2, -0.15) is 0 Å². The molecule has 0 saturated carbocycles. The van der Waals surface area contributed by atoms with E-state index in [1.807, 2.05) is 44.2 Å². The quantitative estimate of drug-likeness (QED) is 0.447. The fourth-order valence-electron chi connectivity index (χ4n) is 3.14. The van der Waals surface area contributed by atoms with E-state index in [0.717, 1.165) is 24.8 Å². The number of benzene rings is 1. The molecule has 0 spiro atoms. The van der Waals surface area contributed by atoms with Crippen molar-refractivity contribution < 1.29 is 23.7 Å². The van der Waals surface area contributed by atoms with Gasteiger partial charge in [-0.05, 0) is 38.8 Å². The van der Waals surface area contributed by atoms with Gasteiger partial charge in [-0.1, -0.05) is 50.1 Å². The lowest BCUT2D eigenvalue weighted by Crippen LogP contribution is -2.36. The lowest BCUT2D eigenvalue weighted by molar-refractivity contribution is -0.160. The summed E-state index contributed by atoms with van der Waals surface area (Å²) in [5.74, 6) is -1.10. The van der Waals surface area contributed by atoms with Crippen molar-refractivity contribution >= 4 is 5.97 Å². The van der Waals surface area contributed by atoms with Crippen LogP contribution >= 0.6 is 0 Å². The average Bonchev–Trinajstić information content (AvgIpc) is 2.96. The summed E-state index contributed by atoms with van der Waals surface area (Å²) < 4.78 is 23.4. The minimum atomic E-state index is -0.727. The molecule has 0 aliphatic carbocycles. The fraction of sp³-hybridized carbons (Fsp3) is 0.591. The molecule has 0 N–H and O–H groups in total. The first-order chi connectivity index (χ1) is 12.9. The summed E-state index contributed by atoms with van der Waals surface area (Å²) in [5.41, 5.74) is 1.12. The van der Waals surface area contributed by atoms with Gasteiger partial charge in [-0.25, -0.2) is 4.79 Å². The van der Waals surface area contributed by atoms with Gasteiger partial charge in [0.15, 0.2) is 5.79 Å². The molecule has 0 unspecified atom stereocenters. The van der Waals surface area contributed by atoms with Crippen molar-refractivity contribution in [3.63, 3.8) is 0 Å². The van der Waals surface area contributed by atoms with Gasteiger partial charge in [0, 0.05) is 6.08 Å². The number of unbranched alkanes of at least 4 members (excludes halogenated alkanes) is 1. The highest BCUT2D eigenvalue weighted by Crippen LogP contribution is 2.33. The Morgan fingerprint density at radius 3 is 2.63 bits per heavy atom. The van der Waals surface area contributed by atoms with Crippen LogP contribution in [0, 0.1) is 0 Å². The molecule has 3 atom stereocenters. The molecule has 150 valence electrons. The molecule has 0 radical (unpaired) electrons. The first-order valence-electron chi connectivity index (χ1n) is 9.81. The minimum absolute atomic E-state index is 0.122. The lowest BCUT2D eigenvalue weighted by Gasteiger charge is -2.26. The molecule has 2 rings (SSSR count). The predicted molar refractivity (Wildman–Crippen MR) is 104 cm³/mol. The van der Waals surface area contributed by atoms with Gasteiger partial charge >= 0.3 is 5.97 Å².